The van der Waals surface area contributed by atoms with Crippen molar-refractivity contribution < 1.29 is 19.1 Å². The monoisotopic (exact) mass is 381 g/mol. The van der Waals surface area contributed by atoms with Crippen molar-refractivity contribution in [2.45, 2.75) is 6.92 Å². The fraction of sp³-hybridized carbons (Fsp3) is 0.158. The van der Waals surface area contributed by atoms with E-state index in [-0.39, 0.29) is 5.56 Å². The summed E-state index contributed by atoms with van der Waals surface area (Å²) in [6.45, 7) is 2.02. The standard InChI is InChI=1S/C19H15N3O4S/c1-2-25-14-6-7-15-16(9-14)27-19(21-15)22-17(23)11-26-18(24)13-5-3-4-12(8-13)10-20/h3-9H,2,11H2,1H3,(H,21,22,23). The SMILES string of the molecule is CCOc1ccc2nc(NC(=O)COC(=O)c3cccc(C#N)c3)sc2c1. The van der Waals surface area contributed by atoms with Crippen LogP contribution in [0.1, 0.15) is 22.8 Å². The van der Waals surface area contributed by atoms with E-state index >= 15 is 0 Å². The van der Waals surface area contributed by atoms with Crippen molar-refractivity contribution in [3.63, 3.8) is 0 Å². The van der Waals surface area contributed by atoms with Gasteiger partial charge in [0.15, 0.2) is 11.7 Å². The van der Waals surface area contributed by atoms with Crippen LogP contribution in [-0.2, 0) is 9.53 Å². The maximum absolute atomic E-state index is 12.0. The number of amides is 1. The Balaban J connectivity index is 1.59. The third-order valence-corrected chi connectivity index (χ3v) is 4.41. The summed E-state index contributed by atoms with van der Waals surface area (Å²) < 4.78 is 11.3. The summed E-state index contributed by atoms with van der Waals surface area (Å²) in [6.07, 6.45) is 0. The minimum absolute atomic E-state index is 0.213. The molecule has 136 valence electrons. The van der Waals surface area contributed by atoms with Gasteiger partial charge in [-0.15, -0.1) is 0 Å². The average molecular weight is 381 g/mol. The third-order valence-electron chi connectivity index (χ3n) is 3.48. The smallest absolute Gasteiger partial charge is 0.338 e. The molecule has 1 amide bonds. The largest absolute Gasteiger partial charge is 0.494 e. The summed E-state index contributed by atoms with van der Waals surface area (Å²) in [4.78, 5) is 28.3. The number of nitriles is 1. The van der Waals surface area contributed by atoms with E-state index in [0.29, 0.717) is 17.3 Å². The number of nitrogens with one attached hydrogen (secondary N) is 1. The topological polar surface area (TPSA) is 101 Å². The van der Waals surface area contributed by atoms with Gasteiger partial charge in [0.1, 0.15) is 5.75 Å². The Morgan fingerprint density at radius 1 is 1.26 bits per heavy atom. The van der Waals surface area contributed by atoms with Crippen LogP contribution < -0.4 is 10.1 Å². The van der Waals surface area contributed by atoms with Gasteiger partial charge >= 0.3 is 5.97 Å². The molecule has 1 heterocycles. The molecule has 0 saturated carbocycles. The molecule has 0 fully saturated rings. The highest BCUT2D eigenvalue weighted by Gasteiger charge is 2.13. The van der Waals surface area contributed by atoms with Crippen molar-refractivity contribution in [3.8, 4) is 11.8 Å². The molecular weight excluding hydrogens is 366 g/mol. The zero-order chi connectivity index (χ0) is 19.2. The number of ether oxygens (including phenoxy) is 2. The normalized spacial score (nSPS) is 10.2. The number of carbonyl (C=O) groups excluding carboxylic acids is 2. The Hall–Kier alpha value is -3.44. The summed E-state index contributed by atoms with van der Waals surface area (Å²) in [5, 5.41) is 11.9. The number of aromatic nitrogens is 1. The van der Waals surface area contributed by atoms with Gasteiger partial charge in [0.05, 0.1) is 34.0 Å². The molecule has 1 aromatic heterocycles. The van der Waals surface area contributed by atoms with Crippen molar-refractivity contribution in [1.29, 1.82) is 5.26 Å². The maximum Gasteiger partial charge on any atom is 0.338 e. The molecule has 0 atom stereocenters. The number of benzene rings is 2. The predicted molar refractivity (Wildman–Crippen MR) is 101 cm³/mol. The summed E-state index contributed by atoms with van der Waals surface area (Å²) in [6, 6.07) is 13.5. The van der Waals surface area contributed by atoms with Crippen molar-refractivity contribution in [2.24, 2.45) is 0 Å². The molecule has 0 unspecified atom stereocenters. The molecule has 0 aliphatic heterocycles. The number of esters is 1. The van der Waals surface area contributed by atoms with E-state index in [2.05, 4.69) is 10.3 Å². The van der Waals surface area contributed by atoms with Crippen molar-refractivity contribution in [3.05, 3.63) is 53.6 Å². The number of anilines is 1. The first-order valence-corrected chi connectivity index (χ1v) is 8.91. The molecule has 0 radical (unpaired) electrons. The van der Waals surface area contributed by atoms with Gasteiger partial charge in [-0.3, -0.25) is 10.1 Å². The minimum Gasteiger partial charge on any atom is -0.494 e. The van der Waals surface area contributed by atoms with Gasteiger partial charge in [-0.1, -0.05) is 17.4 Å². The molecule has 3 aromatic rings. The lowest BCUT2D eigenvalue weighted by Crippen LogP contribution is -2.20. The Morgan fingerprint density at radius 3 is 2.89 bits per heavy atom. The van der Waals surface area contributed by atoms with Gasteiger partial charge in [-0.05, 0) is 43.3 Å². The Kier molecular flexibility index (Phi) is 5.64. The zero-order valence-corrected chi connectivity index (χ0v) is 15.2. The second-order valence-corrected chi connectivity index (χ2v) is 6.43. The molecule has 0 aliphatic rings. The molecule has 2 aromatic carbocycles. The van der Waals surface area contributed by atoms with Gasteiger partial charge in [0, 0.05) is 0 Å². The molecule has 0 saturated heterocycles. The highest BCUT2D eigenvalue weighted by atomic mass is 32.1. The van der Waals surface area contributed by atoms with Crippen LogP contribution in [0, 0.1) is 11.3 Å². The number of carbonyl (C=O) groups is 2. The average Bonchev–Trinajstić information content (AvgIpc) is 3.07. The number of rotatable bonds is 6. The highest BCUT2D eigenvalue weighted by Crippen LogP contribution is 2.29. The maximum atomic E-state index is 12.0. The third kappa shape index (κ3) is 4.59. The number of hydrogen-bond acceptors (Lipinski definition) is 7. The molecule has 0 bridgehead atoms. The van der Waals surface area contributed by atoms with Crippen LogP contribution in [0.15, 0.2) is 42.5 Å². The van der Waals surface area contributed by atoms with Gasteiger partial charge in [-0.25, -0.2) is 9.78 Å². The quantitative estimate of drug-likeness (QED) is 0.657. The number of nitrogens with zero attached hydrogens (tertiary/aromatic N) is 2. The summed E-state index contributed by atoms with van der Waals surface area (Å²) in [5.74, 6) is -0.433. The molecule has 8 heteroatoms. The number of fused-ring (bicyclic) bond motifs is 1. The van der Waals surface area contributed by atoms with E-state index in [0.717, 1.165) is 16.0 Å². The Morgan fingerprint density at radius 2 is 2.11 bits per heavy atom. The van der Waals surface area contributed by atoms with Crippen LogP contribution in [0.3, 0.4) is 0 Å². The molecule has 27 heavy (non-hydrogen) atoms. The lowest BCUT2D eigenvalue weighted by Gasteiger charge is -2.04. The molecule has 0 aliphatic carbocycles. The van der Waals surface area contributed by atoms with E-state index in [1.54, 1.807) is 12.1 Å². The van der Waals surface area contributed by atoms with E-state index in [1.165, 1.54) is 23.5 Å². The van der Waals surface area contributed by atoms with Crippen molar-refractivity contribution >= 4 is 38.6 Å². The van der Waals surface area contributed by atoms with E-state index in [1.807, 2.05) is 31.2 Å². The zero-order valence-electron chi connectivity index (χ0n) is 14.4. The van der Waals surface area contributed by atoms with Crippen LogP contribution in [0.5, 0.6) is 5.75 Å². The van der Waals surface area contributed by atoms with E-state index in [9.17, 15) is 9.59 Å². The van der Waals surface area contributed by atoms with E-state index in [4.69, 9.17) is 14.7 Å². The van der Waals surface area contributed by atoms with Gasteiger partial charge in [0.25, 0.3) is 5.91 Å². The second kappa shape index (κ2) is 8.29. The minimum atomic E-state index is -0.673. The van der Waals surface area contributed by atoms with Crippen molar-refractivity contribution in [2.75, 3.05) is 18.5 Å². The fourth-order valence-corrected chi connectivity index (χ4v) is 3.21. The van der Waals surface area contributed by atoms with Crippen LogP contribution in [0.25, 0.3) is 10.2 Å². The highest BCUT2D eigenvalue weighted by molar-refractivity contribution is 7.22. The van der Waals surface area contributed by atoms with Crippen LogP contribution in [0.2, 0.25) is 0 Å². The summed E-state index contributed by atoms with van der Waals surface area (Å²) >= 11 is 1.30. The molecule has 1 N–H and O–H groups in total. The van der Waals surface area contributed by atoms with Gasteiger partial charge in [-0.2, -0.15) is 5.26 Å². The molecular formula is C19H15N3O4S. The summed E-state index contributed by atoms with van der Waals surface area (Å²) in [7, 11) is 0. The number of hydrogen-bond donors (Lipinski definition) is 1. The summed E-state index contributed by atoms with van der Waals surface area (Å²) in [5.41, 5.74) is 1.30. The lowest BCUT2D eigenvalue weighted by molar-refractivity contribution is -0.119. The first-order chi connectivity index (χ1) is 13.1. The lowest BCUT2D eigenvalue weighted by atomic mass is 10.1. The Bertz CT molecular complexity index is 1040. The fourth-order valence-electron chi connectivity index (χ4n) is 2.30. The Labute approximate surface area is 159 Å². The van der Waals surface area contributed by atoms with Gasteiger partial charge < -0.3 is 9.47 Å². The second-order valence-electron chi connectivity index (χ2n) is 5.40. The molecule has 0 spiro atoms. The molecule has 7 nitrogen and oxygen atoms in total. The van der Waals surface area contributed by atoms with E-state index < -0.39 is 18.5 Å². The number of thiazole rings is 1. The first-order valence-electron chi connectivity index (χ1n) is 8.09. The van der Waals surface area contributed by atoms with Crippen molar-refractivity contribution in [1.82, 2.24) is 4.98 Å². The van der Waals surface area contributed by atoms with Gasteiger partial charge in [0.2, 0.25) is 0 Å². The predicted octanol–water partition coefficient (Wildman–Crippen LogP) is 3.36. The van der Waals surface area contributed by atoms with Crippen LogP contribution in [0.4, 0.5) is 5.13 Å². The van der Waals surface area contributed by atoms with Crippen LogP contribution >= 0.6 is 11.3 Å². The first kappa shape index (κ1) is 18.4. The van der Waals surface area contributed by atoms with Crippen LogP contribution in [-0.4, -0.2) is 30.1 Å². The molecule has 3 rings (SSSR count).